The van der Waals surface area contributed by atoms with Crippen molar-refractivity contribution in [3.63, 3.8) is 0 Å². The Morgan fingerprint density at radius 2 is 1.96 bits per heavy atom. The van der Waals surface area contributed by atoms with Gasteiger partial charge in [-0.25, -0.2) is 8.42 Å². The summed E-state index contributed by atoms with van der Waals surface area (Å²) in [5.41, 5.74) is 1.91. The summed E-state index contributed by atoms with van der Waals surface area (Å²) >= 11 is 0. The van der Waals surface area contributed by atoms with Crippen molar-refractivity contribution in [2.75, 3.05) is 12.9 Å². The van der Waals surface area contributed by atoms with Gasteiger partial charge in [0.05, 0.1) is 17.5 Å². The Hall–Kier alpha value is -2.34. The molecule has 6 heteroatoms. The van der Waals surface area contributed by atoms with Gasteiger partial charge in [0.25, 0.3) is 5.91 Å². The fraction of sp³-hybridized carbons (Fsp3) is 0.278. The Morgan fingerprint density at radius 3 is 2.71 bits per heavy atom. The molecule has 1 aliphatic heterocycles. The maximum Gasteiger partial charge on any atom is 0.251 e. The van der Waals surface area contributed by atoms with Gasteiger partial charge in [-0.15, -0.1) is 0 Å². The fourth-order valence-electron chi connectivity index (χ4n) is 2.87. The molecule has 2 aromatic carbocycles. The van der Waals surface area contributed by atoms with E-state index in [0.717, 1.165) is 17.6 Å². The molecule has 0 saturated carbocycles. The van der Waals surface area contributed by atoms with Crippen molar-refractivity contribution in [2.45, 2.75) is 24.3 Å². The molecule has 0 radical (unpaired) electrons. The zero-order chi connectivity index (χ0) is 17.3. The lowest BCUT2D eigenvalue weighted by molar-refractivity contribution is 0.0924. The second kappa shape index (κ2) is 6.28. The largest absolute Gasteiger partial charge is 0.493 e. The van der Waals surface area contributed by atoms with Gasteiger partial charge in [0.15, 0.2) is 9.84 Å². The first-order valence-corrected chi connectivity index (χ1v) is 9.59. The molecule has 126 valence electrons. The molecular weight excluding hydrogens is 326 g/mol. The van der Waals surface area contributed by atoms with Crippen molar-refractivity contribution >= 4 is 15.7 Å². The first-order chi connectivity index (χ1) is 11.4. The number of carbonyl (C=O) groups excluding carboxylic acids is 1. The third-order valence-electron chi connectivity index (χ3n) is 4.11. The Bertz CT molecular complexity index is 890. The van der Waals surface area contributed by atoms with Crippen LogP contribution in [-0.4, -0.2) is 27.2 Å². The first kappa shape index (κ1) is 16.5. The van der Waals surface area contributed by atoms with Gasteiger partial charge in [-0.1, -0.05) is 24.3 Å². The third kappa shape index (κ3) is 3.28. The molecule has 1 heterocycles. The molecule has 1 N–H and O–H groups in total. The summed E-state index contributed by atoms with van der Waals surface area (Å²) < 4.78 is 29.3. The number of hydrogen-bond acceptors (Lipinski definition) is 4. The molecule has 0 aromatic heterocycles. The molecule has 24 heavy (non-hydrogen) atoms. The summed E-state index contributed by atoms with van der Waals surface area (Å²) in [6, 6.07) is 12.2. The van der Waals surface area contributed by atoms with Gasteiger partial charge in [-0.3, -0.25) is 4.79 Å². The van der Waals surface area contributed by atoms with E-state index in [-0.39, 0.29) is 16.8 Å². The van der Waals surface area contributed by atoms with Gasteiger partial charge in [-0.05, 0) is 30.7 Å². The number of rotatable bonds is 3. The SMILES string of the molecule is Cc1ccc(C(=O)NC2CCOc3ccccc32)cc1S(C)(=O)=O. The first-order valence-electron chi connectivity index (χ1n) is 7.69. The van der Waals surface area contributed by atoms with E-state index in [1.807, 2.05) is 24.3 Å². The van der Waals surface area contributed by atoms with Gasteiger partial charge in [-0.2, -0.15) is 0 Å². The quantitative estimate of drug-likeness (QED) is 0.928. The summed E-state index contributed by atoms with van der Waals surface area (Å²) in [7, 11) is -3.37. The summed E-state index contributed by atoms with van der Waals surface area (Å²) in [6.07, 6.45) is 1.82. The molecule has 1 atom stereocenters. The van der Waals surface area contributed by atoms with Crippen molar-refractivity contribution in [1.82, 2.24) is 5.32 Å². The van der Waals surface area contributed by atoms with Crippen molar-refractivity contribution in [1.29, 1.82) is 0 Å². The van der Waals surface area contributed by atoms with Crippen LogP contribution in [0, 0.1) is 6.92 Å². The van der Waals surface area contributed by atoms with E-state index in [1.165, 1.54) is 6.07 Å². The summed E-state index contributed by atoms with van der Waals surface area (Å²) in [4.78, 5) is 12.7. The number of fused-ring (bicyclic) bond motifs is 1. The Labute approximate surface area is 141 Å². The van der Waals surface area contributed by atoms with E-state index in [1.54, 1.807) is 19.1 Å². The second-order valence-corrected chi connectivity index (χ2v) is 7.94. The number of sulfone groups is 1. The zero-order valence-corrected chi connectivity index (χ0v) is 14.4. The maximum atomic E-state index is 12.6. The molecule has 0 aliphatic carbocycles. The highest BCUT2D eigenvalue weighted by Crippen LogP contribution is 2.31. The normalized spacial score (nSPS) is 16.8. The predicted molar refractivity (Wildman–Crippen MR) is 91.1 cm³/mol. The van der Waals surface area contributed by atoms with Crippen LogP contribution < -0.4 is 10.1 Å². The van der Waals surface area contributed by atoms with E-state index in [4.69, 9.17) is 4.74 Å². The second-order valence-electron chi connectivity index (χ2n) is 5.95. The molecule has 1 amide bonds. The fourth-order valence-corrected chi connectivity index (χ4v) is 3.87. The number of amides is 1. The molecule has 2 aromatic rings. The number of nitrogens with one attached hydrogen (secondary N) is 1. The maximum absolute atomic E-state index is 12.6. The molecule has 1 aliphatic rings. The van der Waals surface area contributed by atoms with Crippen LogP contribution in [-0.2, 0) is 9.84 Å². The number of carbonyl (C=O) groups is 1. The topological polar surface area (TPSA) is 72.5 Å². The van der Waals surface area contributed by atoms with Crippen LogP contribution in [0.5, 0.6) is 5.75 Å². The summed E-state index contributed by atoms with van der Waals surface area (Å²) in [5.74, 6) is 0.483. The van der Waals surface area contributed by atoms with E-state index in [9.17, 15) is 13.2 Å². The molecule has 0 bridgehead atoms. The lowest BCUT2D eigenvalue weighted by Gasteiger charge is -2.26. The van der Waals surface area contributed by atoms with E-state index in [2.05, 4.69) is 5.32 Å². The summed E-state index contributed by atoms with van der Waals surface area (Å²) in [5, 5.41) is 2.98. The minimum atomic E-state index is -3.37. The lowest BCUT2D eigenvalue weighted by Crippen LogP contribution is -2.32. The van der Waals surface area contributed by atoms with Crippen molar-refractivity contribution in [3.8, 4) is 5.75 Å². The number of aryl methyl sites for hydroxylation is 1. The third-order valence-corrected chi connectivity index (χ3v) is 5.35. The standard InChI is InChI=1S/C18H19NO4S/c1-12-7-8-13(11-17(12)24(2,21)22)18(20)19-15-9-10-23-16-6-4-3-5-14(15)16/h3-8,11,15H,9-10H2,1-2H3,(H,19,20). The van der Waals surface area contributed by atoms with Gasteiger partial charge in [0.2, 0.25) is 0 Å². The number of benzene rings is 2. The van der Waals surface area contributed by atoms with Crippen LogP contribution >= 0.6 is 0 Å². The minimum absolute atomic E-state index is 0.148. The van der Waals surface area contributed by atoms with Crippen LogP contribution in [0.4, 0.5) is 0 Å². The average molecular weight is 345 g/mol. The molecule has 0 fully saturated rings. The Morgan fingerprint density at radius 1 is 1.21 bits per heavy atom. The van der Waals surface area contributed by atoms with Crippen LogP contribution in [0.1, 0.15) is 33.9 Å². The van der Waals surface area contributed by atoms with Crippen LogP contribution in [0.15, 0.2) is 47.4 Å². The van der Waals surface area contributed by atoms with Crippen molar-refractivity contribution < 1.29 is 17.9 Å². The van der Waals surface area contributed by atoms with Crippen LogP contribution in [0.25, 0.3) is 0 Å². The Kier molecular flexibility index (Phi) is 4.32. The van der Waals surface area contributed by atoms with E-state index in [0.29, 0.717) is 24.2 Å². The van der Waals surface area contributed by atoms with Gasteiger partial charge in [0.1, 0.15) is 5.75 Å². The molecule has 3 rings (SSSR count). The molecule has 5 nitrogen and oxygen atoms in total. The van der Waals surface area contributed by atoms with Gasteiger partial charge < -0.3 is 10.1 Å². The number of hydrogen-bond donors (Lipinski definition) is 1. The molecule has 1 unspecified atom stereocenters. The average Bonchev–Trinajstić information content (AvgIpc) is 2.54. The smallest absolute Gasteiger partial charge is 0.251 e. The lowest BCUT2D eigenvalue weighted by atomic mass is 10.00. The van der Waals surface area contributed by atoms with Gasteiger partial charge in [0, 0.05) is 23.8 Å². The van der Waals surface area contributed by atoms with Gasteiger partial charge >= 0.3 is 0 Å². The highest BCUT2D eigenvalue weighted by molar-refractivity contribution is 7.90. The van der Waals surface area contributed by atoms with Crippen LogP contribution in [0.3, 0.4) is 0 Å². The van der Waals surface area contributed by atoms with E-state index >= 15 is 0 Å². The highest BCUT2D eigenvalue weighted by Gasteiger charge is 2.23. The summed E-state index contributed by atoms with van der Waals surface area (Å²) in [6.45, 7) is 2.25. The highest BCUT2D eigenvalue weighted by atomic mass is 32.2. The number of ether oxygens (including phenoxy) is 1. The molecule has 0 saturated heterocycles. The monoisotopic (exact) mass is 345 g/mol. The molecule has 0 spiro atoms. The van der Waals surface area contributed by atoms with Crippen molar-refractivity contribution in [2.24, 2.45) is 0 Å². The van der Waals surface area contributed by atoms with E-state index < -0.39 is 9.84 Å². The minimum Gasteiger partial charge on any atom is -0.493 e. The zero-order valence-electron chi connectivity index (χ0n) is 13.6. The molecular formula is C18H19NO4S. The van der Waals surface area contributed by atoms with Crippen molar-refractivity contribution in [3.05, 3.63) is 59.2 Å². The number of para-hydroxylation sites is 1. The Balaban J connectivity index is 1.87. The van der Waals surface area contributed by atoms with Crippen LogP contribution in [0.2, 0.25) is 0 Å². The predicted octanol–water partition coefficient (Wildman–Crippen LogP) is 2.65.